The van der Waals surface area contributed by atoms with Crippen LogP contribution in [0.15, 0.2) is 54.6 Å². The first-order valence-corrected chi connectivity index (χ1v) is 10.7. The van der Waals surface area contributed by atoms with Gasteiger partial charge in [0.15, 0.2) is 0 Å². The summed E-state index contributed by atoms with van der Waals surface area (Å²) in [5.74, 6) is -2.05. The molecule has 1 amide bonds. The molecule has 3 rings (SSSR count). The maximum absolute atomic E-state index is 12.8. The molecule has 0 fully saturated rings. The number of rotatable bonds is 7. The van der Waals surface area contributed by atoms with Crippen LogP contribution in [0.5, 0.6) is 5.75 Å². The van der Waals surface area contributed by atoms with Gasteiger partial charge in [0.25, 0.3) is 5.91 Å². The fourth-order valence-electron chi connectivity index (χ4n) is 4.15. The van der Waals surface area contributed by atoms with Gasteiger partial charge in [-0.15, -0.1) is 13.2 Å². The number of allylic oxidation sites excluding steroid dienone is 1. The van der Waals surface area contributed by atoms with E-state index in [9.17, 15) is 22.8 Å². The summed E-state index contributed by atoms with van der Waals surface area (Å²) < 4.78 is 46.6. The van der Waals surface area contributed by atoms with Crippen molar-refractivity contribution >= 4 is 11.9 Å². The average Bonchev–Trinajstić information content (AvgIpc) is 3.14. The smallest absolute Gasteiger partial charge is 0.466 e. The standard InChI is InChI=1S/C25H26F3NO4/c1-4-32-24(31)22(19-11-15(2)10-16(3)12-19)17-8-9-20(13-17)29-23(30)18-6-5-7-21(14-18)33-25(26,27)28/h5-12,14,17,20,22H,4,13H2,1-3H3,(H,29,30)/t17-,20+,22+/m1/s1. The van der Waals surface area contributed by atoms with E-state index in [-0.39, 0.29) is 30.1 Å². The first kappa shape index (κ1) is 24.4. The van der Waals surface area contributed by atoms with Crippen LogP contribution < -0.4 is 10.1 Å². The van der Waals surface area contributed by atoms with Gasteiger partial charge in [-0.1, -0.05) is 47.5 Å². The lowest BCUT2D eigenvalue weighted by molar-refractivity contribution is -0.274. The molecule has 176 valence electrons. The Morgan fingerprint density at radius 1 is 1.09 bits per heavy atom. The minimum Gasteiger partial charge on any atom is -0.466 e. The van der Waals surface area contributed by atoms with E-state index in [1.54, 1.807) is 13.0 Å². The van der Waals surface area contributed by atoms with Gasteiger partial charge < -0.3 is 14.8 Å². The van der Waals surface area contributed by atoms with Crippen molar-refractivity contribution in [2.75, 3.05) is 6.61 Å². The quantitative estimate of drug-likeness (QED) is 0.453. The molecule has 2 aromatic carbocycles. The largest absolute Gasteiger partial charge is 0.573 e. The van der Waals surface area contributed by atoms with E-state index < -0.39 is 23.9 Å². The molecule has 3 atom stereocenters. The number of hydrogen-bond donors (Lipinski definition) is 1. The number of aryl methyl sites for hydroxylation is 2. The van der Waals surface area contributed by atoms with E-state index in [4.69, 9.17) is 4.74 Å². The lowest BCUT2D eigenvalue weighted by Crippen LogP contribution is -2.34. The summed E-state index contributed by atoms with van der Waals surface area (Å²) >= 11 is 0. The molecule has 1 aliphatic rings. The highest BCUT2D eigenvalue weighted by Gasteiger charge is 2.35. The van der Waals surface area contributed by atoms with Crippen molar-refractivity contribution in [1.82, 2.24) is 5.32 Å². The van der Waals surface area contributed by atoms with Crippen LogP contribution in [0.4, 0.5) is 13.2 Å². The second-order valence-corrected chi connectivity index (χ2v) is 8.09. The molecule has 0 aliphatic heterocycles. The third-order valence-electron chi connectivity index (χ3n) is 5.33. The van der Waals surface area contributed by atoms with Crippen LogP contribution >= 0.6 is 0 Å². The maximum atomic E-state index is 12.8. The van der Waals surface area contributed by atoms with Crippen LogP contribution in [-0.4, -0.2) is 30.9 Å². The van der Waals surface area contributed by atoms with Crippen molar-refractivity contribution in [2.24, 2.45) is 5.92 Å². The lowest BCUT2D eigenvalue weighted by Gasteiger charge is -2.23. The third kappa shape index (κ3) is 6.60. The van der Waals surface area contributed by atoms with E-state index in [1.807, 2.05) is 38.1 Å². The van der Waals surface area contributed by atoms with Gasteiger partial charge in [0.1, 0.15) is 5.75 Å². The molecule has 0 spiro atoms. The molecular formula is C25H26F3NO4. The van der Waals surface area contributed by atoms with E-state index in [1.165, 1.54) is 12.1 Å². The Balaban J connectivity index is 1.72. The zero-order valence-electron chi connectivity index (χ0n) is 18.6. The summed E-state index contributed by atoms with van der Waals surface area (Å²) in [4.78, 5) is 25.4. The number of halogens is 3. The zero-order chi connectivity index (χ0) is 24.2. The fraction of sp³-hybridized carbons (Fsp3) is 0.360. The molecular weight excluding hydrogens is 435 g/mol. The lowest BCUT2D eigenvalue weighted by atomic mass is 9.84. The van der Waals surface area contributed by atoms with Crippen molar-refractivity contribution < 1.29 is 32.2 Å². The van der Waals surface area contributed by atoms with Gasteiger partial charge in [-0.2, -0.15) is 0 Å². The van der Waals surface area contributed by atoms with Crippen LogP contribution in [-0.2, 0) is 9.53 Å². The summed E-state index contributed by atoms with van der Waals surface area (Å²) in [5.41, 5.74) is 2.97. The van der Waals surface area contributed by atoms with Crippen molar-refractivity contribution in [2.45, 2.75) is 45.5 Å². The molecule has 0 aromatic heterocycles. The Morgan fingerprint density at radius 2 is 1.79 bits per heavy atom. The summed E-state index contributed by atoms with van der Waals surface area (Å²) in [5, 5.41) is 2.80. The monoisotopic (exact) mass is 461 g/mol. The van der Waals surface area contributed by atoms with E-state index >= 15 is 0 Å². The number of carbonyl (C=O) groups is 2. The Morgan fingerprint density at radius 3 is 2.42 bits per heavy atom. The van der Waals surface area contributed by atoms with Crippen LogP contribution in [0, 0.1) is 19.8 Å². The maximum Gasteiger partial charge on any atom is 0.573 e. The number of alkyl halides is 3. The zero-order valence-corrected chi connectivity index (χ0v) is 18.6. The molecule has 0 heterocycles. The molecule has 0 bridgehead atoms. The molecule has 8 heteroatoms. The van der Waals surface area contributed by atoms with Crippen LogP contribution in [0.3, 0.4) is 0 Å². The molecule has 0 unspecified atom stereocenters. The Bertz CT molecular complexity index is 1030. The highest BCUT2D eigenvalue weighted by atomic mass is 19.4. The fourth-order valence-corrected chi connectivity index (χ4v) is 4.15. The van der Waals surface area contributed by atoms with Crippen LogP contribution in [0.2, 0.25) is 0 Å². The molecule has 2 aromatic rings. The summed E-state index contributed by atoms with van der Waals surface area (Å²) in [7, 11) is 0. The first-order chi connectivity index (χ1) is 15.6. The minimum absolute atomic E-state index is 0.0462. The highest BCUT2D eigenvalue weighted by molar-refractivity contribution is 5.95. The topological polar surface area (TPSA) is 64.6 Å². The number of hydrogen-bond acceptors (Lipinski definition) is 4. The second kappa shape index (κ2) is 10.1. The minimum atomic E-state index is -4.84. The number of esters is 1. The molecule has 1 N–H and O–H groups in total. The molecule has 0 saturated carbocycles. The van der Waals surface area contributed by atoms with E-state index in [2.05, 4.69) is 10.1 Å². The Kier molecular flexibility index (Phi) is 7.46. The van der Waals surface area contributed by atoms with Crippen molar-refractivity contribution in [3.63, 3.8) is 0 Å². The number of benzene rings is 2. The summed E-state index contributed by atoms with van der Waals surface area (Å²) in [6.45, 7) is 5.93. The number of ether oxygens (including phenoxy) is 2. The van der Waals surface area contributed by atoms with Crippen molar-refractivity contribution in [3.8, 4) is 5.75 Å². The molecule has 33 heavy (non-hydrogen) atoms. The van der Waals surface area contributed by atoms with Gasteiger partial charge in [-0.25, -0.2) is 0 Å². The van der Waals surface area contributed by atoms with Crippen LogP contribution in [0.25, 0.3) is 0 Å². The Labute approximate surface area is 190 Å². The molecule has 0 radical (unpaired) electrons. The number of nitrogens with one attached hydrogen (secondary N) is 1. The Hall–Kier alpha value is -3.29. The SMILES string of the molecule is CCOC(=O)[C@H](c1cc(C)cc(C)c1)[C@@H]1C=C[C@H](NC(=O)c2cccc(OC(F)(F)F)c2)C1. The predicted octanol–water partition coefficient (Wildman–Crippen LogP) is 5.22. The average molecular weight is 461 g/mol. The second-order valence-electron chi connectivity index (χ2n) is 8.09. The number of amides is 1. The third-order valence-corrected chi connectivity index (χ3v) is 5.33. The van der Waals surface area contributed by atoms with Gasteiger partial charge in [0.2, 0.25) is 0 Å². The van der Waals surface area contributed by atoms with Gasteiger partial charge in [-0.05, 0) is 56.9 Å². The van der Waals surface area contributed by atoms with Crippen LogP contribution in [0.1, 0.15) is 46.3 Å². The van der Waals surface area contributed by atoms with Gasteiger partial charge in [0.05, 0.1) is 12.5 Å². The van der Waals surface area contributed by atoms with Gasteiger partial charge >= 0.3 is 12.3 Å². The molecule has 1 aliphatic carbocycles. The van der Waals surface area contributed by atoms with E-state index in [0.29, 0.717) is 6.42 Å². The van der Waals surface area contributed by atoms with Crippen molar-refractivity contribution in [3.05, 3.63) is 76.9 Å². The van der Waals surface area contributed by atoms with Gasteiger partial charge in [-0.3, -0.25) is 9.59 Å². The van der Waals surface area contributed by atoms with Gasteiger partial charge in [0, 0.05) is 11.6 Å². The highest BCUT2D eigenvalue weighted by Crippen LogP contribution is 2.35. The predicted molar refractivity (Wildman–Crippen MR) is 117 cm³/mol. The summed E-state index contributed by atoms with van der Waals surface area (Å²) in [6.07, 6.45) is -0.700. The first-order valence-electron chi connectivity index (χ1n) is 10.7. The molecule has 0 saturated heterocycles. The summed E-state index contributed by atoms with van der Waals surface area (Å²) in [6, 6.07) is 10.5. The molecule has 5 nitrogen and oxygen atoms in total. The van der Waals surface area contributed by atoms with E-state index in [0.717, 1.165) is 28.8 Å². The van der Waals surface area contributed by atoms with Crippen molar-refractivity contribution in [1.29, 1.82) is 0 Å². The normalized spacial score (nSPS) is 18.6. The number of carbonyl (C=O) groups excluding carboxylic acids is 2.